The number of benzene rings is 3. The number of anilines is 2. The number of amides is 2. The number of hydrogen-bond donors (Lipinski definition) is 3. The third-order valence-corrected chi connectivity index (χ3v) is 6.86. The SMILES string of the molecule is CCc1ccc(N2NC3c4cc(C(=O)NCc5ccc6c(c5)OCO6)ccc4NCC3C2=O)cc1. The highest BCUT2D eigenvalue weighted by Gasteiger charge is 2.44. The lowest BCUT2D eigenvalue weighted by Gasteiger charge is -2.27. The van der Waals surface area contributed by atoms with E-state index in [4.69, 9.17) is 9.47 Å². The molecule has 6 rings (SSSR count). The monoisotopic (exact) mass is 470 g/mol. The molecule has 35 heavy (non-hydrogen) atoms. The van der Waals surface area contributed by atoms with E-state index in [-0.39, 0.29) is 30.6 Å². The van der Waals surface area contributed by atoms with Crippen molar-refractivity contribution in [2.24, 2.45) is 5.92 Å². The van der Waals surface area contributed by atoms with Crippen LogP contribution in [0.25, 0.3) is 0 Å². The zero-order valence-electron chi connectivity index (χ0n) is 19.3. The molecule has 3 heterocycles. The lowest BCUT2D eigenvalue weighted by atomic mass is 9.88. The Labute approximate surface area is 203 Å². The molecule has 3 aromatic rings. The minimum Gasteiger partial charge on any atom is -0.454 e. The summed E-state index contributed by atoms with van der Waals surface area (Å²) in [5.41, 5.74) is 8.75. The van der Waals surface area contributed by atoms with Gasteiger partial charge in [0.1, 0.15) is 0 Å². The molecule has 1 saturated heterocycles. The molecule has 1 fully saturated rings. The third kappa shape index (κ3) is 3.85. The number of rotatable bonds is 5. The van der Waals surface area contributed by atoms with Crippen LogP contribution in [0.5, 0.6) is 11.5 Å². The van der Waals surface area contributed by atoms with Crippen LogP contribution in [0.2, 0.25) is 0 Å². The first-order valence-corrected chi connectivity index (χ1v) is 11.8. The quantitative estimate of drug-likeness (QED) is 0.528. The third-order valence-electron chi connectivity index (χ3n) is 6.86. The van der Waals surface area contributed by atoms with Gasteiger partial charge in [-0.2, -0.15) is 0 Å². The van der Waals surface area contributed by atoms with Gasteiger partial charge >= 0.3 is 0 Å². The van der Waals surface area contributed by atoms with Crippen LogP contribution in [0, 0.1) is 5.92 Å². The highest BCUT2D eigenvalue weighted by molar-refractivity contribution is 5.99. The van der Waals surface area contributed by atoms with Gasteiger partial charge in [0.15, 0.2) is 11.5 Å². The van der Waals surface area contributed by atoms with Gasteiger partial charge in [-0.25, -0.2) is 10.4 Å². The van der Waals surface area contributed by atoms with Crippen LogP contribution in [0.4, 0.5) is 11.4 Å². The van der Waals surface area contributed by atoms with Crippen molar-refractivity contribution in [3.05, 3.63) is 82.9 Å². The zero-order chi connectivity index (χ0) is 23.9. The Morgan fingerprint density at radius 3 is 2.66 bits per heavy atom. The minimum atomic E-state index is -0.250. The van der Waals surface area contributed by atoms with E-state index in [9.17, 15) is 9.59 Å². The summed E-state index contributed by atoms with van der Waals surface area (Å²) >= 11 is 0. The molecule has 2 amide bonds. The highest BCUT2D eigenvalue weighted by Crippen LogP contribution is 2.40. The van der Waals surface area contributed by atoms with E-state index in [0.29, 0.717) is 30.2 Å². The van der Waals surface area contributed by atoms with Crippen molar-refractivity contribution in [1.29, 1.82) is 0 Å². The highest BCUT2D eigenvalue weighted by atomic mass is 16.7. The largest absolute Gasteiger partial charge is 0.454 e. The standard InChI is InChI=1S/C27H26N4O4/c1-2-16-3-7-19(8-4-16)31-27(33)21-14-28-22-9-6-18(12-20(22)25(21)30-31)26(32)29-13-17-5-10-23-24(11-17)35-15-34-23/h3-12,21,25,28,30H,2,13-15H2,1H3,(H,29,32). The van der Waals surface area contributed by atoms with Gasteiger partial charge < -0.3 is 20.1 Å². The van der Waals surface area contributed by atoms with Gasteiger partial charge in [0.05, 0.1) is 17.6 Å². The summed E-state index contributed by atoms with van der Waals surface area (Å²) in [5.74, 6) is 0.999. The van der Waals surface area contributed by atoms with Crippen molar-refractivity contribution >= 4 is 23.2 Å². The zero-order valence-corrected chi connectivity index (χ0v) is 19.3. The number of carbonyl (C=O) groups excluding carboxylic acids is 2. The lowest BCUT2D eigenvalue weighted by Crippen LogP contribution is -2.35. The maximum absolute atomic E-state index is 13.2. The number of hydrazine groups is 1. The molecule has 0 saturated carbocycles. The van der Waals surface area contributed by atoms with Crippen LogP contribution < -0.4 is 30.5 Å². The Bertz CT molecular complexity index is 1310. The maximum Gasteiger partial charge on any atom is 0.251 e. The summed E-state index contributed by atoms with van der Waals surface area (Å²) in [4.78, 5) is 26.1. The molecule has 0 aliphatic carbocycles. The van der Waals surface area contributed by atoms with Gasteiger partial charge in [-0.15, -0.1) is 0 Å². The smallest absolute Gasteiger partial charge is 0.251 e. The number of aryl methyl sites for hydroxylation is 1. The molecule has 178 valence electrons. The Kier molecular flexibility index (Phi) is 5.30. The number of hydrogen-bond acceptors (Lipinski definition) is 6. The van der Waals surface area contributed by atoms with E-state index in [1.807, 2.05) is 54.6 Å². The average Bonchev–Trinajstić information content (AvgIpc) is 3.51. The summed E-state index contributed by atoms with van der Waals surface area (Å²) in [6.07, 6.45) is 0.948. The predicted molar refractivity (Wildman–Crippen MR) is 131 cm³/mol. The van der Waals surface area contributed by atoms with E-state index in [0.717, 1.165) is 28.9 Å². The van der Waals surface area contributed by atoms with Crippen LogP contribution in [-0.4, -0.2) is 25.2 Å². The van der Waals surface area contributed by atoms with E-state index in [1.54, 1.807) is 11.1 Å². The number of nitrogens with one attached hydrogen (secondary N) is 3. The molecule has 2 atom stereocenters. The predicted octanol–water partition coefficient (Wildman–Crippen LogP) is 3.54. The molecule has 8 heteroatoms. The van der Waals surface area contributed by atoms with Crippen molar-refractivity contribution in [3.8, 4) is 11.5 Å². The number of carbonyl (C=O) groups is 2. The second-order valence-electron chi connectivity index (χ2n) is 8.96. The normalized spacial score (nSPS) is 19.7. The summed E-state index contributed by atoms with van der Waals surface area (Å²) in [6.45, 7) is 3.24. The van der Waals surface area contributed by atoms with Gasteiger partial charge in [0.25, 0.3) is 5.91 Å². The molecule has 3 N–H and O–H groups in total. The van der Waals surface area contributed by atoms with Crippen molar-refractivity contribution in [3.63, 3.8) is 0 Å². The van der Waals surface area contributed by atoms with Crippen molar-refractivity contribution in [2.45, 2.75) is 25.9 Å². The molecule has 0 aromatic heterocycles. The molecule has 0 bridgehead atoms. The van der Waals surface area contributed by atoms with Gasteiger partial charge in [0.2, 0.25) is 12.7 Å². The molecule has 3 aliphatic rings. The van der Waals surface area contributed by atoms with E-state index in [1.165, 1.54) is 5.56 Å². The van der Waals surface area contributed by atoms with Crippen LogP contribution in [-0.2, 0) is 17.8 Å². The maximum atomic E-state index is 13.2. The van der Waals surface area contributed by atoms with Crippen LogP contribution in [0.1, 0.15) is 40.0 Å². The fraction of sp³-hybridized carbons (Fsp3) is 0.259. The molecule has 0 spiro atoms. The number of ether oxygens (including phenoxy) is 2. The Morgan fingerprint density at radius 1 is 1.03 bits per heavy atom. The topological polar surface area (TPSA) is 91.9 Å². The van der Waals surface area contributed by atoms with Gasteiger partial charge in [-0.05, 0) is 65.6 Å². The first-order valence-electron chi connectivity index (χ1n) is 11.8. The molecule has 2 unspecified atom stereocenters. The molecule has 3 aromatic carbocycles. The Balaban J connectivity index is 1.19. The van der Waals surface area contributed by atoms with Gasteiger partial charge in [-0.1, -0.05) is 25.1 Å². The Hall–Kier alpha value is -4.04. The van der Waals surface area contributed by atoms with Gasteiger partial charge in [-0.3, -0.25) is 9.59 Å². The van der Waals surface area contributed by atoms with E-state index in [2.05, 4.69) is 23.0 Å². The molecule has 3 aliphatic heterocycles. The first kappa shape index (κ1) is 21.5. The van der Waals surface area contributed by atoms with E-state index >= 15 is 0 Å². The number of nitrogens with zero attached hydrogens (tertiary/aromatic N) is 1. The summed E-state index contributed by atoms with van der Waals surface area (Å²) in [6, 6.07) is 19.0. The molecular formula is C27H26N4O4. The van der Waals surface area contributed by atoms with Gasteiger partial charge in [0, 0.05) is 24.3 Å². The van der Waals surface area contributed by atoms with Crippen molar-refractivity contribution in [1.82, 2.24) is 10.7 Å². The molecule has 0 radical (unpaired) electrons. The first-order chi connectivity index (χ1) is 17.1. The van der Waals surface area contributed by atoms with Crippen molar-refractivity contribution in [2.75, 3.05) is 23.7 Å². The summed E-state index contributed by atoms with van der Waals surface area (Å²) in [7, 11) is 0. The second-order valence-corrected chi connectivity index (χ2v) is 8.96. The molecule has 8 nitrogen and oxygen atoms in total. The lowest BCUT2D eigenvalue weighted by molar-refractivity contribution is -0.120. The summed E-state index contributed by atoms with van der Waals surface area (Å²) < 4.78 is 10.8. The van der Waals surface area contributed by atoms with Crippen LogP contribution in [0.3, 0.4) is 0 Å². The fourth-order valence-corrected chi connectivity index (χ4v) is 4.85. The van der Waals surface area contributed by atoms with Crippen LogP contribution >= 0.6 is 0 Å². The van der Waals surface area contributed by atoms with Crippen LogP contribution in [0.15, 0.2) is 60.7 Å². The van der Waals surface area contributed by atoms with E-state index < -0.39 is 0 Å². The minimum absolute atomic E-state index is 0.0232. The Morgan fingerprint density at radius 2 is 1.83 bits per heavy atom. The summed E-state index contributed by atoms with van der Waals surface area (Å²) in [5, 5.41) is 7.97. The fourth-order valence-electron chi connectivity index (χ4n) is 4.85. The molecular weight excluding hydrogens is 444 g/mol. The number of fused-ring (bicyclic) bond motifs is 4. The second kappa shape index (κ2) is 8.63. The average molecular weight is 471 g/mol. The van der Waals surface area contributed by atoms with Crippen molar-refractivity contribution < 1.29 is 19.1 Å².